The van der Waals surface area contributed by atoms with Gasteiger partial charge in [0, 0.05) is 28.3 Å². The average molecular weight is 553 g/mol. The highest BCUT2D eigenvalue weighted by Crippen LogP contribution is 2.31. The zero-order valence-corrected chi connectivity index (χ0v) is 22.2. The molecule has 0 saturated carbocycles. The maximum absolute atomic E-state index is 13.0. The number of benzene rings is 4. The normalized spacial score (nSPS) is 12.9. The van der Waals surface area contributed by atoms with Gasteiger partial charge in [-0.25, -0.2) is 4.90 Å². The summed E-state index contributed by atoms with van der Waals surface area (Å²) in [7, 11) is 0. The van der Waals surface area contributed by atoms with E-state index in [1.54, 1.807) is 48.5 Å². The highest BCUT2D eigenvalue weighted by atomic mass is 35.5. The Kier molecular flexibility index (Phi) is 7.80. The standard InChI is InChI=1S/C31H25ClN4O4/c1-2-40-26-18-16-25(17-19-26)36-30(38)27(32)28(31(36)39)34-23-10-8-20(9-11-23)29(37)35-24-14-12-22(13-15-24)33-21-6-4-3-5-7-21/h3-19,33-34H,2H2,1H3,(H,35,37). The third-order valence-corrected chi connectivity index (χ3v) is 6.41. The quantitative estimate of drug-likeness (QED) is 0.204. The molecule has 0 atom stereocenters. The van der Waals surface area contributed by atoms with Gasteiger partial charge in [-0.3, -0.25) is 14.4 Å². The maximum atomic E-state index is 13.0. The lowest BCUT2D eigenvalue weighted by Crippen LogP contribution is -2.32. The third kappa shape index (κ3) is 5.82. The Morgan fingerprint density at radius 1 is 0.725 bits per heavy atom. The number of carbonyl (C=O) groups excluding carboxylic acids is 3. The predicted molar refractivity (Wildman–Crippen MR) is 157 cm³/mol. The van der Waals surface area contributed by atoms with Crippen LogP contribution in [0.5, 0.6) is 5.75 Å². The Balaban J connectivity index is 1.21. The van der Waals surface area contributed by atoms with E-state index in [1.165, 1.54) is 0 Å². The number of halogens is 1. The van der Waals surface area contributed by atoms with Crippen molar-refractivity contribution in [3.63, 3.8) is 0 Å². The van der Waals surface area contributed by atoms with Crippen molar-refractivity contribution < 1.29 is 19.1 Å². The van der Waals surface area contributed by atoms with Crippen LogP contribution in [0.3, 0.4) is 0 Å². The Labute approximate surface area is 236 Å². The molecule has 5 rings (SSSR count). The van der Waals surface area contributed by atoms with Crippen LogP contribution in [0, 0.1) is 0 Å². The van der Waals surface area contributed by atoms with Gasteiger partial charge in [0.25, 0.3) is 17.7 Å². The fourth-order valence-electron chi connectivity index (χ4n) is 4.08. The first-order valence-corrected chi connectivity index (χ1v) is 12.9. The minimum Gasteiger partial charge on any atom is -0.494 e. The molecule has 8 nitrogen and oxygen atoms in total. The summed E-state index contributed by atoms with van der Waals surface area (Å²) in [4.78, 5) is 39.6. The third-order valence-electron chi connectivity index (χ3n) is 6.05. The Morgan fingerprint density at radius 2 is 1.30 bits per heavy atom. The lowest BCUT2D eigenvalue weighted by Gasteiger charge is -2.15. The molecule has 0 aromatic heterocycles. The molecule has 0 aliphatic carbocycles. The van der Waals surface area contributed by atoms with Crippen molar-refractivity contribution in [2.45, 2.75) is 6.92 Å². The van der Waals surface area contributed by atoms with Crippen molar-refractivity contribution in [1.82, 2.24) is 0 Å². The number of hydrogen-bond donors (Lipinski definition) is 3. The lowest BCUT2D eigenvalue weighted by molar-refractivity contribution is -0.120. The number of para-hydroxylation sites is 1. The van der Waals surface area contributed by atoms with E-state index in [1.807, 2.05) is 61.5 Å². The minimum absolute atomic E-state index is 0.0399. The smallest absolute Gasteiger partial charge is 0.283 e. The van der Waals surface area contributed by atoms with Crippen molar-refractivity contribution in [3.8, 4) is 5.75 Å². The van der Waals surface area contributed by atoms with Crippen LogP contribution in [-0.4, -0.2) is 24.3 Å². The number of ether oxygens (including phenoxy) is 1. The highest BCUT2D eigenvalue weighted by molar-refractivity contribution is 6.53. The van der Waals surface area contributed by atoms with E-state index >= 15 is 0 Å². The summed E-state index contributed by atoms with van der Waals surface area (Å²) in [6.07, 6.45) is 0. The van der Waals surface area contributed by atoms with Crippen LogP contribution in [-0.2, 0) is 9.59 Å². The number of rotatable bonds is 9. The molecule has 4 aromatic carbocycles. The molecule has 1 aliphatic rings. The number of nitrogens with zero attached hydrogens (tertiary/aromatic N) is 1. The summed E-state index contributed by atoms with van der Waals surface area (Å²) in [6.45, 7) is 2.37. The van der Waals surface area contributed by atoms with Crippen LogP contribution in [0.15, 0.2) is 114 Å². The summed E-state index contributed by atoms with van der Waals surface area (Å²) >= 11 is 6.24. The number of carbonyl (C=O) groups is 3. The highest BCUT2D eigenvalue weighted by Gasteiger charge is 2.39. The topological polar surface area (TPSA) is 99.8 Å². The van der Waals surface area contributed by atoms with Crippen LogP contribution in [0.1, 0.15) is 17.3 Å². The first kappa shape index (κ1) is 26.5. The van der Waals surface area contributed by atoms with Crippen molar-refractivity contribution >= 4 is 57.8 Å². The molecular formula is C31H25ClN4O4. The Hall–Kier alpha value is -5.08. The van der Waals surface area contributed by atoms with E-state index < -0.39 is 11.8 Å². The number of imide groups is 1. The van der Waals surface area contributed by atoms with Gasteiger partial charge in [-0.2, -0.15) is 0 Å². The van der Waals surface area contributed by atoms with Crippen LogP contribution < -0.4 is 25.6 Å². The maximum Gasteiger partial charge on any atom is 0.283 e. The summed E-state index contributed by atoms with van der Waals surface area (Å²) in [5, 5.41) is 8.86. The summed E-state index contributed by atoms with van der Waals surface area (Å²) in [5.74, 6) is -0.865. The lowest BCUT2D eigenvalue weighted by atomic mass is 10.1. The molecule has 0 radical (unpaired) electrons. The Morgan fingerprint density at radius 3 is 1.95 bits per heavy atom. The molecular weight excluding hydrogens is 528 g/mol. The van der Waals surface area contributed by atoms with E-state index in [4.69, 9.17) is 16.3 Å². The van der Waals surface area contributed by atoms with Crippen LogP contribution in [0.2, 0.25) is 0 Å². The van der Waals surface area contributed by atoms with E-state index in [0.29, 0.717) is 35.0 Å². The van der Waals surface area contributed by atoms with Gasteiger partial charge >= 0.3 is 0 Å². The van der Waals surface area contributed by atoms with Crippen molar-refractivity contribution in [2.75, 3.05) is 27.5 Å². The van der Waals surface area contributed by atoms with E-state index in [0.717, 1.165) is 16.3 Å². The van der Waals surface area contributed by atoms with Gasteiger partial charge in [0.2, 0.25) is 0 Å². The SMILES string of the molecule is CCOc1ccc(N2C(=O)C(Cl)=C(Nc3ccc(C(=O)Nc4ccc(Nc5ccccc5)cc4)cc3)C2=O)cc1. The van der Waals surface area contributed by atoms with E-state index in [9.17, 15) is 14.4 Å². The molecule has 3 N–H and O–H groups in total. The molecule has 0 spiro atoms. The van der Waals surface area contributed by atoms with Gasteiger partial charge < -0.3 is 20.7 Å². The number of nitrogens with one attached hydrogen (secondary N) is 3. The molecule has 9 heteroatoms. The van der Waals surface area contributed by atoms with Crippen molar-refractivity contribution in [1.29, 1.82) is 0 Å². The van der Waals surface area contributed by atoms with Gasteiger partial charge in [-0.05, 0) is 91.9 Å². The predicted octanol–water partition coefficient (Wildman–Crippen LogP) is 6.52. The fraction of sp³-hybridized carbons (Fsp3) is 0.0645. The summed E-state index contributed by atoms with van der Waals surface area (Å²) in [6, 6.07) is 30.3. The molecule has 1 aliphatic heterocycles. The molecule has 40 heavy (non-hydrogen) atoms. The zero-order chi connectivity index (χ0) is 28.1. The second kappa shape index (κ2) is 11.8. The summed E-state index contributed by atoms with van der Waals surface area (Å²) < 4.78 is 5.41. The van der Waals surface area contributed by atoms with Gasteiger partial charge in [0.05, 0.1) is 12.3 Å². The molecule has 4 aromatic rings. The van der Waals surface area contributed by atoms with Gasteiger partial charge in [-0.15, -0.1) is 0 Å². The minimum atomic E-state index is -0.626. The number of amides is 3. The monoisotopic (exact) mass is 552 g/mol. The van der Waals surface area contributed by atoms with E-state index in [-0.39, 0.29) is 16.6 Å². The first-order chi connectivity index (χ1) is 19.4. The van der Waals surface area contributed by atoms with Crippen LogP contribution in [0.25, 0.3) is 0 Å². The average Bonchev–Trinajstić information content (AvgIpc) is 3.18. The van der Waals surface area contributed by atoms with Crippen LogP contribution >= 0.6 is 11.6 Å². The van der Waals surface area contributed by atoms with Gasteiger partial charge in [0.1, 0.15) is 16.5 Å². The second-order valence-electron chi connectivity index (χ2n) is 8.79. The largest absolute Gasteiger partial charge is 0.494 e. The molecule has 1 heterocycles. The molecule has 0 saturated heterocycles. The van der Waals surface area contributed by atoms with Gasteiger partial charge in [-0.1, -0.05) is 29.8 Å². The second-order valence-corrected chi connectivity index (χ2v) is 9.16. The molecule has 0 fully saturated rings. The zero-order valence-electron chi connectivity index (χ0n) is 21.5. The summed E-state index contributed by atoms with van der Waals surface area (Å²) in [5.41, 5.74) is 3.77. The number of hydrogen-bond acceptors (Lipinski definition) is 6. The molecule has 3 amide bonds. The van der Waals surface area contributed by atoms with Crippen molar-refractivity contribution in [2.24, 2.45) is 0 Å². The van der Waals surface area contributed by atoms with Crippen LogP contribution in [0.4, 0.5) is 28.4 Å². The number of anilines is 5. The molecule has 200 valence electrons. The fourth-order valence-corrected chi connectivity index (χ4v) is 4.29. The molecule has 0 unspecified atom stereocenters. The van der Waals surface area contributed by atoms with E-state index in [2.05, 4.69) is 16.0 Å². The molecule has 0 bridgehead atoms. The van der Waals surface area contributed by atoms with Crippen molar-refractivity contribution in [3.05, 3.63) is 119 Å². The Bertz CT molecular complexity index is 1570. The van der Waals surface area contributed by atoms with Gasteiger partial charge in [0.15, 0.2) is 0 Å². The first-order valence-electron chi connectivity index (χ1n) is 12.5.